The number of pyridine rings is 1. The number of nitrogens with one attached hydrogen (secondary N) is 1. The smallest absolute Gasteiger partial charge is 0.253 e. The average Bonchev–Trinajstić information content (AvgIpc) is 3.48. The van der Waals surface area contributed by atoms with Crippen molar-refractivity contribution in [2.24, 2.45) is 0 Å². The van der Waals surface area contributed by atoms with Crippen LogP contribution in [-0.4, -0.2) is 62.2 Å². The first-order chi connectivity index (χ1) is 20.0. The molecule has 2 fully saturated rings. The molecule has 1 atom stereocenters. The fourth-order valence-electron chi connectivity index (χ4n) is 5.69. The van der Waals surface area contributed by atoms with Gasteiger partial charge in [0.25, 0.3) is 5.91 Å². The van der Waals surface area contributed by atoms with Crippen LogP contribution in [0.25, 0.3) is 15.8 Å². The second-order valence-electron chi connectivity index (χ2n) is 10.9. The average molecular weight is 571 g/mol. The molecule has 212 valence electrons. The molecule has 2 aliphatic rings. The van der Waals surface area contributed by atoms with Gasteiger partial charge in [0.15, 0.2) is 0 Å². The van der Waals surface area contributed by atoms with Crippen molar-refractivity contribution in [1.29, 1.82) is 0 Å². The molecule has 41 heavy (non-hydrogen) atoms. The van der Waals surface area contributed by atoms with E-state index in [4.69, 9.17) is 9.72 Å². The molecule has 2 aromatic heterocycles. The summed E-state index contributed by atoms with van der Waals surface area (Å²) < 4.78 is 20.1. The largest absolute Gasteiger partial charge is 0.378 e. The fraction of sp³-hybridized carbons (Fsp3) is 0.333. The third-order valence-electron chi connectivity index (χ3n) is 8.10. The maximum Gasteiger partial charge on any atom is 0.253 e. The van der Waals surface area contributed by atoms with Crippen LogP contribution in [0.4, 0.5) is 10.2 Å². The lowest BCUT2D eigenvalue weighted by Crippen LogP contribution is -2.37. The van der Waals surface area contributed by atoms with E-state index in [1.165, 1.54) is 34.6 Å². The summed E-state index contributed by atoms with van der Waals surface area (Å²) in [5.74, 6) is 0.482. The monoisotopic (exact) mass is 570 g/mol. The van der Waals surface area contributed by atoms with E-state index in [9.17, 15) is 9.18 Å². The van der Waals surface area contributed by atoms with Gasteiger partial charge in [0, 0.05) is 26.2 Å². The van der Waals surface area contributed by atoms with Crippen LogP contribution in [-0.2, 0) is 4.74 Å². The quantitative estimate of drug-likeness (QED) is 0.295. The molecule has 0 radical (unpaired) electrons. The Kier molecular flexibility index (Phi) is 8.14. The lowest BCUT2D eigenvalue weighted by molar-refractivity contribution is 0.0941. The summed E-state index contributed by atoms with van der Waals surface area (Å²) in [7, 11) is 2.15. The molecule has 1 amide bonds. The van der Waals surface area contributed by atoms with Gasteiger partial charge in [-0.15, -0.1) is 11.3 Å². The third kappa shape index (κ3) is 6.05. The first-order valence-corrected chi connectivity index (χ1v) is 15.1. The van der Waals surface area contributed by atoms with E-state index in [1.54, 1.807) is 0 Å². The zero-order valence-corrected chi connectivity index (χ0v) is 24.3. The predicted octanol–water partition coefficient (Wildman–Crippen LogP) is 6.29. The summed E-state index contributed by atoms with van der Waals surface area (Å²) in [6.45, 7) is 6.89. The molecule has 1 N–H and O–H groups in total. The summed E-state index contributed by atoms with van der Waals surface area (Å²) in [5.41, 5.74) is 7.26. The highest BCUT2D eigenvalue weighted by Gasteiger charge is 2.21. The third-order valence-corrected chi connectivity index (χ3v) is 9.04. The number of morpholine rings is 1. The van der Waals surface area contributed by atoms with E-state index >= 15 is 0 Å². The van der Waals surface area contributed by atoms with Gasteiger partial charge in [-0.05, 0) is 78.7 Å². The number of ether oxygens (including phenoxy) is 1. The lowest BCUT2D eigenvalue weighted by atomic mass is 9.88. The number of rotatable bonds is 6. The highest BCUT2D eigenvalue weighted by molar-refractivity contribution is 7.17. The molecular formula is C33H35FN4O2S. The molecule has 0 saturated carbocycles. The molecule has 4 aromatic rings. The number of halogens is 1. The Bertz CT molecular complexity index is 1550. The number of fused-ring (bicyclic) bond motifs is 1. The van der Waals surface area contributed by atoms with Crippen molar-refractivity contribution >= 4 is 38.9 Å². The number of benzene rings is 2. The fourth-order valence-corrected chi connectivity index (χ4v) is 6.54. The Morgan fingerprint density at radius 2 is 1.63 bits per heavy atom. The first-order valence-electron chi connectivity index (χ1n) is 14.2. The van der Waals surface area contributed by atoms with Gasteiger partial charge < -0.3 is 19.9 Å². The summed E-state index contributed by atoms with van der Waals surface area (Å²) in [6, 6.07) is 18.9. The second kappa shape index (κ2) is 12.1. The van der Waals surface area contributed by atoms with Crippen molar-refractivity contribution in [2.75, 3.05) is 51.3 Å². The van der Waals surface area contributed by atoms with Crippen molar-refractivity contribution in [3.63, 3.8) is 0 Å². The molecule has 0 bridgehead atoms. The Morgan fingerprint density at radius 1 is 0.976 bits per heavy atom. The van der Waals surface area contributed by atoms with Gasteiger partial charge in [-0.3, -0.25) is 4.79 Å². The van der Waals surface area contributed by atoms with E-state index < -0.39 is 0 Å². The molecule has 4 heterocycles. The molecule has 2 aromatic carbocycles. The molecule has 0 aliphatic carbocycles. The van der Waals surface area contributed by atoms with Gasteiger partial charge in [-0.1, -0.05) is 42.0 Å². The van der Waals surface area contributed by atoms with Gasteiger partial charge in [0.2, 0.25) is 0 Å². The van der Waals surface area contributed by atoms with E-state index in [1.807, 2.05) is 36.6 Å². The summed E-state index contributed by atoms with van der Waals surface area (Å²) in [5, 5.41) is 5.20. The molecule has 0 unspecified atom stereocenters. The number of thiophene rings is 1. The normalized spacial score (nSPS) is 17.0. The van der Waals surface area contributed by atoms with E-state index in [0.29, 0.717) is 18.8 Å². The molecule has 6 rings (SSSR count). The molecule has 2 aliphatic heterocycles. The predicted molar refractivity (Wildman–Crippen MR) is 164 cm³/mol. The maximum absolute atomic E-state index is 13.7. The molecule has 6 nitrogen and oxygen atoms in total. The first kappa shape index (κ1) is 27.6. The van der Waals surface area contributed by atoms with Crippen LogP contribution in [0.1, 0.15) is 52.9 Å². The minimum Gasteiger partial charge on any atom is -0.378 e. The van der Waals surface area contributed by atoms with Gasteiger partial charge >= 0.3 is 0 Å². The van der Waals surface area contributed by atoms with Crippen LogP contribution >= 0.6 is 11.3 Å². The second-order valence-corrected chi connectivity index (χ2v) is 11.8. The Hall–Kier alpha value is -3.59. The minimum absolute atomic E-state index is 0.105. The molecular weight excluding hydrogens is 535 g/mol. The molecule has 2 saturated heterocycles. The molecule has 8 heteroatoms. The number of aromatic nitrogens is 1. The van der Waals surface area contributed by atoms with Gasteiger partial charge in [-0.2, -0.15) is 0 Å². The number of anilines is 1. The van der Waals surface area contributed by atoms with Crippen molar-refractivity contribution < 1.29 is 13.9 Å². The van der Waals surface area contributed by atoms with Crippen LogP contribution in [0, 0.1) is 5.82 Å². The summed E-state index contributed by atoms with van der Waals surface area (Å²) in [4.78, 5) is 22.9. The van der Waals surface area contributed by atoms with Crippen molar-refractivity contribution in [1.82, 2.24) is 15.2 Å². The number of nitrogens with zero attached hydrogens (tertiary/aromatic N) is 3. The topological polar surface area (TPSA) is 57.7 Å². The number of carbonyl (C=O) groups is 1. The summed E-state index contributed by atoms with van der Waals surface area (Å²) >= 11 is 1.54. The molecule has 0 spiro atoms. The zero-order valence-electron chi connectivity index (χ0n) is 23.5. The number of carbonyl (C=O) groups excluding carboxylic acids is 1. The Balaban J connectivity index is 1.24. The highest BCUT2D eigenvalue weighted by Crippen LogP contribution is 2.33. The van der Waals surface area contributed by atoms with Gasteiger partial charge in [-0.25, -0.2) is 9.37 Å². The van der Waals surface area contributed by atoms with Gasteiger partial charge in [0.1, 0.15) is 11.6 Å². The van der Waals surface area contributed by atoms with Crippen LogP contribution in [0.5, 0.6) is 0 Å². The lowest BCUT2D eigenvalue weighted by Gasteiger charge is -2.28. The summed E-state index contributed by atoms with van der Waals surface area (Å²) in [6.07, 6.45) is 1.99. The maximum atomic E-state index is 13.7. The van der Waals surface area contributed by atoms with Crippen molar-refractivity contribution in [3.8, 4) is 0 Å². The van der Waals surface area contributed by atoms with E-state index in [2.05, 4.69) is 46.4 Å². The standard InChI is InChI=1S/C33H35FN4O2S/c1-22(35-33(39)28-21-30(38-16-18-40-19-17-38)36-29-13-20-41-32(28)29)23-3-5-24(6-4-23)31(25-7-9-27(34)10-8-25)26-11-14-37(2)15-12-26/h3-10,13,20-22H,11-12,14-19H2,1-2H3,(H,35,39)/t22-/m1/s1. The minimum atomic E-state index is -0.229. The number of hydrogen-bond donors (Lipinski definition) is 1. The number of likely N-dealkylation sites (tertiary alicyclic amines) is 1. The highest BCUT2D eigenvalue weighted by atomic mass is 32.1. The van der Waals surface area contributed by atoms with Gasteiger partial charge in [0.05, 0.1) is 35.0 Å². The number of hydrogen-bond acceptors (Lipinski definition) is 6. The Labute approximate surface area is 244 Å². The van der Waals surface area contributed by atoms with Crippen LogP contribution in [0.3, 0.4) is 0 Å². The number of piperidine rings is 1. The SMILES string of the molecule is C[C@@H](NC(=O)c1cc(N2CCOCC2)nc2ccsc12)c1ccc(C(=C2CCN(C)CC2)c2ccc(F)cc2)cc1. The van der Waals surface area contributed by atoms with Crippen LogP contribution in [0.2, 0.25) is 0 Å². The van der Waals surface area contributed by atoms with Crippen molar-refractivity contribution in [2.45, 2.75) is 25.8 Å². The van der Waals surface area contributed by atoms with Crippen LogP contribution in [0.15, 0.2) is 71.6 Å². The van der Waals surface area contributed by atoms with Crippen molar-refractivity contribution in [3.05, 3.63) is 99.7 Å². The van der Waals surface area contributed by atoms with E-state index in [-0.39, 0.29) is 17.8 Å². The Morgan fingerprint density at radius 3 is 2.32 bits per heavy atom. The zero-order chi connectivity index (χ0) is 28.3. The van der Waals surface area contributed by atoms with Crippen LogP contribution < -0.4 is 10.2 Å². The number of amides is 1. The van der Waals surface area contributed by atoms with E-state index in [0.717, 1.165) is 71.7 Å².